The van der Waals surface area contributed by atoms with E-state index in [1.54, 1.807) is 27.7 Å². The number of ether oxygens (including phenoxy) is 1. The molecule has 0 saturated carbocycles. The minimum atomic E-state index is -1.18. The average Bonchev–Trinajstić information content (AvgIpc) is 2.43. The molecule has 0 radical (unpaired) electrons. The molecule has 136 valence electrons. The van der Waals surface area contributed by atoms with E-state index in [1.807, 2.05) is 0 Å². The Morgan fingerprint density at radius 1 is 1.40 bits per heavy atom. The van der Waals surface area contributed by atoms with Crippen molar-refractivity contribution >= 4 is 33.6 Å². The molecule has 7 nitrogen and oxygen atoms in total. The molecule has 9 heteroatoms. The number of halogens is 2. The topological polar surface area (TPSA) is 89.8 Å². The maximum absolute atomic E-state index is 13.9. The van der Waals surface area contributed by atoms with E-state index in [-0.39, 0.29) is 16.6 Å². The fourth-order valence-electron chi connectivity index (χ4n) is 1.79. The number of carbonyl (C=O) groups excluding carboxylic acids is 2. The highest BCUT2D eigenvalue weighted by molar-refractivity contribution is 9.10. The van der Waals surface area contributed by atoms with Gasteiger partial charge in [0.25, 0.3) is 5.91 Å². The highest BCUT2D eigenvalue weighted by Crippen LogP contribution is 2.28. The van der Waals surface area contributed by atoms with Crippen LogP contribution in [0, 0.1) is 15.9 Å². The summed E-state index contributed by atoms with van der Waals surface area (Å²) < 4.78 is 19.0. The first-order valence-corrected chi connectivity index (χ1v) is 7.95. The molecule has 0 aliphatic heterocycles. The lowest BCUT2D eigenvalue weighted by Gasteiger charge is -2.26. The van der Waals surface area contributed by atoms with Crippen LogP contribution in [0.2, 0.25) is 0 Å². The second-order valence-corrected chi connectivity index (χ2v) is 7.22. The molecule has 0 heterocycles. The van der Waals surface area contributed by atoms with Crippen LogP contribution in [0.4, 0.5) is 14.9 Å². The predicted molar refractivity (Wildman–Crippen MR) is 92.8 cm³/mol. The van der Waals surface area contributed by atoms with Gasteiger partial charge in [0, 0.05) is 10.5 Å². The molecule has 0 bridgehead atoms. The summed E-state index contributed by atoms with van der Waals surface area (Å²) in [5, 5.41) is 10.8. The van der Waals surface area contributed by atoms with Crippen molar-refractivity contribution in [3.8, 4) is 0 Å². The van der Waals surface area contributed by atoms with Gasteiger partial charge in [-0.25, -0.2) is 9.69 Å². The van der Waals surface area contributed by atoms with Crippen LogP contribution in [-0.2, 0) is 4.74 Å². The number of rotatable bonds is 4. The Hall–Kier alpha value is -2.29. The highest BCUT2D eigenvalue weighted by Gasteiger charge is 2.30. The number of nitro groups is 1. The standard InChI is InChI=1S/C16H18BrFN2O5/c1-9(2)8-19(15(22)25-16(3,4)5)14(21)10-6-12(18)13(20(23)24)7-11(10)17/h6-7H,1,8H2,2-5H3. The van der Waals surface area contributed by atoms with Crippen molar-refractivity contribution in [3.63, 3.8) is 0 Å². The maximum Gasteiger partial charge on any atom is 0.417 e. The molecule has 25 heavy (non-hydrogen) atoms. The first-order chi connectivity index (χ1) is 11.3. The molecule has 0 spiro atoms. The molecule has 0 aromatic heterocycles. The Morgan fingerprint density at radius 3 is 2.40 bits per heavy atom. The third-order valence-electron chi connectivity index (χ3n) is 2.75. The van der Waals surface area contributed by atoms with Crippen molar-refractivity contribution in [2.45, 2.75) is 33.3 Å². The smallest absolute Gasteiger partial charge is 0.417 e. The van der Waals surface area contributed by atoms with Crippen molar-refractivity contribution in [1.29, 1.82) is 0 Å². The second-order valence-electron chi connectivity index (χ2n) is 6.37. The Balaban J connectivity index is 3.30. The van der Waals surface area contributed by atoms with Crippen molar-refractivity contribution in [3.05, 3.63) is 50.3 Å². The fourth-order valence-corrected chi connectivity index (χ4v) is 2.29. The average molecular weight is 417 g/mol. The van der Waals surface area contributed by atoms with Crippen LogP contribution in [-0.4, -0.2) is 34.0 Å². The number of hydrogen-bond donors (Lipinski definition) is 0. The molecular formula is C16H18BrFN2O5. The molecule has 0 fully saturated rings. The number of nitro benzene ring substituents is 1. The zero-order valence-electron chi connectivity index (χ0n) is 14.3. The summed E-state index contributed by atoms with van der Waals surface area (Å²) in [5.74, 6) is -2.05. The van der Waals surface area contributed by atoms with Crippen molar-refractivity contribution in [2.75, 3.05) is 6.54 Å². The molecule has 1 aromatic carbocycles. The molecule has 1 rings (SSSR count). The first-order valence-electron chi connectivity index (χ1n) is 7.16. The van der Waals surface area contributed by atoms with Crippen molar-refractivity contribution in [2.24, 2.45) is 0 Å². The lowest BCUT2D eigenvalue weighted by atomic mass is 10.1. The van der Waals surface area contributed by atoms with E-state index >= 15 is 0 Å². The molecule has 0 aliphatic rings. The summed E-state index contributed by atoms with van der Waals surface area (Å²) in [7, 11) is 0. The Kier molecular flexibility index (Phi) is 6.42. The van der Waals surface area contributed by atoms with Crippen molar-refractivity contribution in [1.82, 2.24) is 4.90 Å². The highest BCUT2D eigenvalue weighted by atomic mass is 79.9. The van der Waals surface area contributed by atoms with Gasteiger partial charge in [-0.2, -0.15) is 4.39 Å². The quantitative estimate of drug-likeness (QED) is 0.410. The van der Waals surface area contributed by atoms with E-state index in [9.17, 15) is 24.1 Å². The minimum absolute atomic E-state index is 0.0131. The maximum atomic E-state index is 13.9. The molecule has 0 N–H and O–H groups in total. The molecule has 0 unspecified atom stereocenters. The second kappa shape index (κ2) is 7.73. The third kappa shape index (κ3) is 5.63. The van der Waals surface area contributed by atoms with Gasteiger partial charge in [-0.15, -0.1) is 0 Å². The minimum Gasteiger partial charge on any atom is -0.443 e. The zero-order chi connectivity index (χ0) is 19.5. The van der Waals surface area contributed by atoms with Gasteiger partial charge in [-0.3, -0.25) is 14.9 Å². The van der Waals surface area contributed by atoms with Gasteiger partial charge in [-0.1, -0.05) is 12.2 Å². The van der Waals surface area contributed by atoms with Crippen LogP contribution >= 0.6 is 15.9 Å². The van der Waals surface area contributed by atoms with Crippen LogP contribution in [0.3, 0.4) is 0 Å². The van der Waals surface area contributed by atoms with Gasteiger partial charge < -0.3 is 4.74 Å². The summed E-state index contributed by atoms with van der Waals surface area (Å²) in [4.78, 5) is 35.6. The van der Waals surface area contributed by atoms with Gasteiger partial charge in [-0.05, 0) is 49.7 Å². The fraction of sp³-hybridized carbons (Fsp3) is 0.375. The number of nitrogens with zero attached hydrogens (tertiary/aromatic N) is 2. The van der Waals surface area contributed by atoms with Gasteiger partial charge in [0.2, 0.25) is 5.82 Å². The Labute approximate surface area is 152 Å². The summed E-state index contributed by atoms with van der Waals surface area (Å²) in [6.07, 6.45) is -0.925. The molecule has 2 amide bonds. The number of amides is 2. The van der Waals surface area contributed by atoms with Crippen LogP contribution < -0.4 is 0 Å². The molecule has 0 aliphatic carbocycles. The molecule has 0 atom stereocenters. The van der Waals surface area contributed by atoms with Crippen molar-refractivity contribution < 1.29 is 23.6 Å². The van der Waals surface area contributed by atoms with E-state index < -0.39 is 34.0 Å². The van der Waals surface area contributed by atoms with Crippen LogP contribution in [0.1, 0.15) is 38.1 Å². The SMILES string of the molecule is C=C(C)CN(C(=O)OC(C)(C)C)C(=O)c1cc(F)c([N+](=O)[O-])cc1Br. The first kappa shape index (κ1) is 20.8. The molecule has 0 saturated heterocycles. The number of carbonyl (C=O) groups is 2. The lowest BCUT2D eigenvalue weighted by Crippen LogP contribution is -2.41. The van der Waals surface area contributed by atoms with Gasteiger partial charge in [0.1, 0.15) is 5.60 Å². The van der Waals surface area contributed by atoms with E-state index in [1.165, 1.54) is 0 Å². The number of benzene rings is 1. The number of hydrogen-bond acceptors (Lipinski definition) is 5. The van der Waals surface area contributed by atoms with Crippen LogP contribution in [0.15, 0.2) is 28.8 Å². The van der Waals surface area contributed by atoms with Crippen LogP contribution in [0.25, 0.3) is 0 Å². The van der Waals surface area contributed by atoms with E-state index in [2.05, 4.69) is 22.5 Å². The lowest BCUT2D eigenvalue weighted by molar-refractivity contribution is -0.387. The largest absolute Gasteiger partial charge is 0.443 e. The Morgan fingerprint density at radius 2 is 1.96 bits per heavy atom. The predicted octanol–water partition coefficient (Wildman–Crippen LogP) is 4.45. The van der Waals surface area contributed by atoms with Gasteiger partial charge >= 0.3 is 11.8 Å². The summed E-state index contributed by atoms with van der Waals surface area (Å²) in [6.45, 7) is 10.0. The summed E-state index contributed by atoms with van der Waals surface area (Å²) in [6, 6.07) is 1.58. The monoisotopic (exact) mass is 416 g/mol. The van der Waals surface area contributed by atoms with E-state index in [0.29, 0.717) is 11.6 Å². The zero-order valence-corrected chi connectivity index (χ0v) is 15.8. The van der Waals surface area contributed by atoms with Gasteiger partial charge in [0.15, 0.2) is 0 Å². The van der Waals surface area contributed by atoms with E-state index in [4.69, 9.17) is 4.74 Å². The van der Waals surface area contributed by atoms with Gasteiger partial charge in [0.05, 0.1) is 17.0 Å². The van der Waals surface area contributed by atoms with Crippen LogP contribution in [0.5, 0.6) is 0 Å². The number of imide groups is 1. The third-order valence-corrected chi connectivity index (χ3v) is 3.41. The summed E-state index contributed by atoms with van der Waals surface area (Å²) >= 11 is 3.00. The molecular weight excluding hydrogens is 399 g/mol. The normalized spacial score (nSPS) is 11.0. The van der Waals surface area contributed by atoms with E-state index in [0.717, 1.165) is 11.0 Å². The summed E-state index contributed by atoms with van der Waals surface area (Å²) in [5.41, 5.74) is -1.37. The molecule has 1 aromatic rings. The Bertz CT molecular complexity index is 743.